The summed E-state index contributed by atoms with van der Waals surface area (Å²) in [7, 11) is 1.59. The quantitative estimate of drug-likeness (QED) is 0.615. The molecule has 0 unspecified atom stereocenters. The number of anilines is 3. The summed E-state index contributed by atoms with van der Waals surface area (Å²) in [5, 5.41) is 7.01. The van der Waals surface area contributed by atoms with Crippen molar-refractivity contribution in [1.82, 2.24) is 4.98 Å². The fourth-order valence-electron chi connectivity index (χ4n) is 2.25. The van der Waals surface area contributed by atoms with Gasteiger partial charge in [-0.2, -0.15) is 0 Å². The second-order valence-electron chi connectivity index (χ2n) is 5.36. The van der Waals surface area contributed by atoms with E-state index in [1.54, 1.807) is 67.9 Å². The van der Waals surface area contributed by atoms with E-state index in [1.807, 2.05) is 0 Å². The number of hydrogen-bond donors (Lipinski definition) is 2. The number of ether oxygens (including phenoxy) is 1. The lowest BCUT2D eigenvalue weighted by atomic mass is 10.2. The maximum atomic E-state index is 12.4. The van der Waals surface area contributed by atoms with Crippen LogP contribution in [0.3, 0.4) is 0 Å². The normalized spacial score (nSPS) is 10.3. The topological polar surface area (TPSA) is 63.2 Å². The number of carbonyl (C=O) groups excluding carboxylic acids is 1. The number of pyridine rings is 1. The zero-order valence-corrected chi connectivity index (χ0v) is 15.3. The standard InChI is InChI=1S/C19H15Cl2N3O2/c1-26-15-5-3-13(4-6-15)24-19(25)18-11-14(8-9-22-18)23-17-10-12(20)2-7-16(17)21/h2-11H,1H3,(H,22,23)(H,24,25). The Labute approximate surface area is 160 Å². The highest BCUT2D eigenvalue weighted by Gasteiger charge is 2.10. The molecule has 3 aromatic rings. The van der Waals surface area contributed by atoms with Crippen molar-refractivity contribution < 1.29 is 9.53 Å². The SMILES string of the molecule is COc1ccc(NC(=O)c2cc(Nc3cc(Cl)ccc3Cl)ccn2)cc1. The van der Waals surface area contributed by atoms with Gasteiger partial charge in [-0.3, -0.25) is 9.78 Å². The Morgan fingerprint density at radius 1 is 1.00 bits per heavy atom. The van der Waals surface area contributed by atoms with Crippen molar-refractivity contribution in [2.75, 3.05) is 17.7 Å². The Bertz CT molecular complexity index is 930. The van der Waals surface area contributed by atoms with Crippen LogP contribution in [0.2, 0.25) is 10.0 Å². The van der Waals surface area contributed by atoms with Crippen LogP contribution in [0.4, 0.5) is 17.1 Å². The molecule has 3 rings (SSSR count). The summed E-state index contributed by atoms with van der Waals surface area (Å²) in [6.45, 7) is 0. The number of amides is 1. The number of hydrogen-bond acceptors (Lipinski definition) is 4. The van der Waals surface area contributed by atoms with Gasteiger partial charge in [0, 0.05) is 22.6 Å². The lowest BCUT2D eigenvalue weighted by Crippen LogP contribution is -2.13. The number of benzene rings is 2. The maximum absolute atomic E-state index is 12.4. The van der Waals surface area contributed by atoms with Gasteiger partial charge < -0.3 is 15.4 Å². The Balaban J connectivity index is 1.75. The summed E-state index contributed by atoms with van der Waals surface area (Å²) < 4.78 is 5.10. The van der Waals surface area contributed by atoms with Gasteiger partial charge >= 0.3 is 0 Å². The number of nitrogens with one attached hydrogen (secondary N) is 2. The lowest BCUT2D eigenvalue weighted by Gasteiger charge is -2.10. The molecule has 0 saturated heterocycles. The van der Waals surface area contributed by atoms with Gasteiger partial charge in [0.25, 0.3) is 5.91 Å². The van der Waals surface area contributed by atoms with E-state index in [1.165, 1.54) is 0 Å². The highest BCUT2D eigenvalue weighted by atomic mass is 35.5. The fraction of sp³-hybridized carbons (Fsp3) is 0.0526. The van der Waals surface area contributed by atoms with Gasteiger partial charge in [-0.05, 0) is 54.6 Å². The molecule has 0 saturated carbocycles. The average Bonchev–Trinajstić information content (AvgIpc) is 2.65. The molecule has 132 valence electrons. The van der Waals surface area contributed by atoms with E-state index < -0.39 is 0 Å². The number of rotatable bonds is 5. The summed E-state index contributed by atoms with van der Waals surface area (Å²) in [5.41, 5.74) is 2.23. The monoisotopic (exact) mass is 387 g/mol. The highest BCUT2D eigenvalue weighted by molar-refractivity contribution is 6.35. The summed E-state index contributed by atoms with van der Waals surface area (Å²) >= 11 is 12.1. The van der Waals surface area contributed by atoms with E-state index in [9.17, 15) is 4.79 Å². The first-order valence-electron chi connectivity index (χ1n) is 7.69. The number of nitrogens with zero attached hydrogens (tertiary/aromatic N) is 1. The lowest BCUT2D eigenvalue weighted by molar-refractivity contribution is 0.102. The molecule has 0 bridgehead atoms. The highest BCUT2D eigenvalue weighted by Crippen LogP contribution is 2.28. The van der Waals surface area contributed by atoms with Gasteiger partial charge in [-0.25, -0.2) is 0 Å². The van der Waals surface area contributed by atoms with E-state index in [0.717, 1.165) is 0 Å². The second-order valence-corrected chi connectivity index (χ2v) is 6.21. The van der Waals surface area contributed by atoms with Crippen LogP contribution in [0.15, 0.2) is 60.8 Å². The molecule has 0 spiro atoms. The summed E-state index contributed by atoms with van der Waals surface area (Å²) in [6.07, 6.45) is 1.55. The van der Waals surface area contributed by atoms with Crippen LogP contribution in [-0.2, 0) is 0 Å². The molecular weight excluding hydrogens is 373 g/mol. The Kier molecular flexibility index (Phi) is 5.61. The first-order chi connectivity index (χ1) is 12.5. The van der Waals surface area contributed by atoms with Crippen LogP contribution >= 0.6 is 23.2 Å². The van der Waals surface area contributed by atoms with Crippen molar-refractivity contribution in [3.8, 4) is 5.75 Å². The summed E-state index contributed by atoms with van der Waals surface area (Å²) in [6, 6.07) is 15.5. The number of aromatic nitrogens is 1. The molecular formula is C19H15Cl2N3O2. The van der Waals surface area contributed by atoms with Crippen LogP contribution in [0.5, 0.6) is 5.75 Å². The minimum absolute atomic E-state index is 0.268. The van der Waals surface area contributed by atoms with Gasteiger partial charge in [0.2, 0.25) is 0 Å². The van der Waals surface area contributed by atoms with Crippen molar-refractivity contribution >= 4 is 46.2 Å². The largest absolute Gasteiger partial charge is 0.497 e. The third-order valence-corrected chi connectivity index (χ3v) is 4.11. The molecule has 0 atom stereocenters. The molecule has 5 nitrogen and oxygen atoms in total. The molecule has 0 aliphatic heterocycles. The van der Waals surface area contributed by atoms with Gasteiger partial charge in [0.05, 0.1) is 17.8 Å². The number of carbonyl (C=O) groups is 1. The molecule has 0 aliphatic rings. The number of halogens is 2. The van der Waals surface area contributed by atoms with Crippen LogP contribution in [0, 0.1) is 0 Å². The molecule has 0 fully saturated rings. The average molecular weight is 388 g/mol. The molecule has 7 heteroatoms. The second kappa shape index (κ2) is 8.08. The molecule has 1 amide bonds. The van der Waals surface area contributed by atoms with Crippen molar-refractivity contribution in [3.63, 3.8) is 0 Å². The fourth-order valence-corrected chi connectivity index (χ4v) is 2.59. The molecule has 0 aliphatic carbocycles. The van der Waals surface area contributed by atoms with Crippen LogP contribution in [0.1, 0.15) is 10.5 Å². The zero-order valence-electron chi connectivity index (χ0n) is 13.8. The summed E-state index contributed by atoms with van der Waals surface area (Å²) in [5.74, 6) is 0.390. The molecule has 0 radical (unpaired) electrons. The third-order valence-electron chi connectivity index (χ3n) is 3.55. The predicted octanol–water partition coefficient (Wildman–Crippen LogP) is 5.39. The van der Waals surface area contributed by atoms with Gasteiger partial charge in [-0.1, -0.05) is 23.2 Å². The Morgan fingerprint density at radius 3 is 2.50 bits per heavy atom. The molecule has 2 N–H and O–H groups in total. The molecule has 26 heavy (non-hydrogen) atoms. The zero-order chi connectivity index (χ0) is 18.5. The van der Waals surface area contributed by atoms with Crippen molar-refractivity contribution in [1.29, 1.82) is 0 Å². The van der Waals surface area contributed by atoms with E-state index in [2.05, 4.69) is 15.6 Å². The van der Waals surface area contributed by atoms with Crippen LogP contribution in [-0.4, -0.2) is 18.0 Å². The van der Waals surface area contributed by atoms with Crippen molar-refractivity contribution in [2.24, 2.45) is 0 Å². The van der Waals surface area contributed by atoms with E-state index in [-0.39, 0.29) is 11.6 Å². The van der Waals surface area contributed by atoms with E-state index in [0.29, 0.717) is 32.9 Å². The minimum Gasteiger partial charge on any atom is -0.497 e. The van der Waals surface area contributed by atoms with Gasteiger partial charge in [0.1, 0.15) is 11.4 Å². The van der Waals surface area contributed by atoms with Gasteiger partial charge in [-0.15, -0.1) is 0 Å². The maximum Gasteiger partial charge on any atom is 0.274 e. The molecule has 1 heterocycles. The van der Waals surface area contributed by atoms with E-state index >= 15 is 0 Å². The Morgan fingerprint density at radius 2 is 1.77 bits per heavy atom. The molecule has 1 aromatic heterocycles. The van der Waals surface area contributed by atoms with Crippen molar-refractivity contribution in [2.45, 2.75) is 0 Å². The first kappa shape index (κ1) is 18.0. The van der Waals surface area contributed by atoms with Crippen molar-refractivity contribution in [3.05, 3.63) is 76.5 Å². The van der Waals surface area contributed by atoms with Crippen LogP contribution in [0.25, 0.3) is 0 Å². The third kappa shape index (κ3) is 4.45. The summed E-state index contributed by atoms with van der Waals surface area (Å²) in [4.78, 5) is 16.5. The van der Waals surface area contributed by atoms with Crippen LogP contribution < -0.4 is 15.4 Å². The molecule has 2 aromatic carbocycles. The minimum atomic E-state index is -0.323. The Hall–Kier alpha value is -2.76. The smallest absolute Gasteiger partial charge is 0.274 e. The van der Waals surface area contributed by atoms with Gasteiger partial charge in [0.15, 0.2) is 0 Å². The van der Waals surface area contributed by atoms with E-state index in [4.69, 9.17) is 27.9 Å². The number of methoxy groups -OCH3 is 1. The predicted molar refractivity (Wildman–Crippen MR) is 105 cm³/mol. The first-order valence-corrected chi connectivity index (χ1v) is 8.44.